The van der Waals surface area contributed by atoms with Crippen molar-refractivity contribution >= 4 is 15.9 Å². The van der Waals surface area contributed by atoms with Gasteiger partial charge in [-0.05, 0) is 30.4 Å². The van der Waals surface area contributed by atoms with E-state index in [1.165, 1.54) is 12.1 Å². The molecule has 8 heteroatoms. The second kappa shape index (κ2) is 6.09. The smallest absolute Gasteiger partial charge is 0.267 e. The lowest BCUT2D eigenvalue weighted by molar-refractivity contribution is 0.0977. The average Bonchev–Trinajstić information content (AvgIpc) is 3.19. The number of carbonyl (C=O) groups is 1. The Kier molecular flexibility index (Phi) is 4.29. The molecule has 23 heavy (non-hydrogen) atoms. The maximum atomic E-state index is 14.2. The van der Waals surface area contributed by atoms with Crippen molar-refractivity contribution in [1.29, 1.82) is 0 Å². The number of ether oxygens (including phenoxy) is 1. The number of hydrogen-bond acceptors (Lipinski definition) is 5. The molecule has 1 aliphatic carbocycles. The van der Waals surface area contributed by atoms with Gasteiger partial charge in [-0.25, -0.2) is 17.5 Å². The Hall–Kier alpha value is -1.67. The molecular weight excluding hydrogens is 323 g/mol. The number of benzene rings is 1. The van der Waals surface area contributed by atoms with E-state index in [9.17, 15) is 17.6 Å². The lowest BCUT2D eigenvalue weighted by Crippen LogP contribution is -2.45. The van der Waals surface area contributed by atoms with Crippen molar-refractivity contribution in [3.8, 4) is 5.75 Å². The molecule has 1 saturated heterocycles. The van der Waals surface area contributed by atoms with Crippen molar-refractivity contribution in [2.45, 2.75) is 18.8 Å². The van der Waals surface area contributed by atoms with Crippen LogP contribution in [0.1, 0.15) is 34.7 Å². The molecule has 3 rings (SSSR count). The number of carbonyl (C=O) groups excluding carboxylic acids is 1. The largest absolute Gasteiger partial charge is 0.493 e. The Bertz CT molecular complexity index is 727. The summed E-state index contributed by atoms with van der Waals surface area (Å²) in [6.45, 7) is 2.27. The second-order valence-corrected chi connectivity index (χ2v) is 7.93. The van der Waals surface area contributed by atoms with E-state index in [-0.39, 0.29) is 11.5 Å². The molecule has 1 amide bonds. The molecule has 1 aromatic rings. The van der Waals surface area contributed by atoms with Crippen molar-refractivity contribution < 1.29 is 22.3 Å². The Morgan fingerprint density at radius 3 is 2.61 bits per heavy atom. The van der Waals surface area contributed by atoms with Crippen LogP contribution >= 0.6 is 0 Å². The normalized spacial score (nSPS) is 18.3. The quantitative estimate of drug-likeness (QED) is 0.805. The fourth-order valence-electron chi connectivity index (χ4n) is 2.48. The first-order valence-corrected chi connectivity index (χ1v) is 9.41. The number of hydrogen-bond donors (Lipinski definition) is 2. The van der Waals surface area contributed by atoms with Gasteiger partial charge in [-0.2, -0.15) is 0 Å². The van der Waals surface area contributed by atoms with E-state index in [0.717, 1.165) is 37.8 Å². The van der Waals surface area contributed by atoms with Gasteiger partial charge in [-0.3, -0.25) is 4.79 Å². The summed E-state index contributed by atoms with van der Waals surface area (Å²) < 4.78 is 44.0. The van der Waals surface area contributed by atoms with Gasteiger partial charge < -0.3 is 10.1 Å². The Balaban J connectivity index is 1.83. The summed E-state index contributed by atoms with van der Waals surface area (Å²) in [5.74, 6) is -0.625. The third-order valence-corrected chi connectivity index (χ3v) is 4.54. The monoisotopic (exact) mass is 342 g/mol. The number of nitrogens with one attached hydrogen (secondary N) is 2. The van der Waals surface area contributed by atoms with Gasteiger partial charge in [0.25, 0.3) is 5.91 Å². The van der Waals surface area contributed by atoms with E-state index in [1.54, 1.807) is 4.72 Å². The highest BCUT2D eigenvalue weighted by atomic mass is 32.2. The zero-order chi connectivity index (χ0) is 16.6. The van der Waals surface area contributed by atoms with E-state index in [0.29, 0.717) is 18.3 Å². The summed E-state index contributed by atoms with van der Waals surface area (Å²) in [7, 11) is -3.74. The van der Waals surface area contributed by atoms with Crippen LogP contribution in [-0.2, 0) is 10.0 Å². The first kappa shape index (κ1) is 16.2. The molecule has 1 aromatic carbocycles. The second-order valence-electron chi connectivity index (χ2n) is 6.18. The van der Waals surface area contributed by atoms with Crippen LogP contribution in [0.15, 0.2) is 12.1 Å². The fraction of sp³-hybridized carbons (Fsp3) is 0.533. The van der Waals surface area contributed by atoms with Gasteiger partial charge in [0.2, 0.25) is 10.0 Å². The van der Waals surface area contributed by atoms with Gasteiger partial charge in [0.05, 0.1) is 18.4 Å². The number of amides is 1. The lowest BCUT2D eigenvalue weighted by Gasteiger charge is -2.27. The molecule has 0 spiro atoms. The van der Waals surface area contributed by atoms with Crippen molar-refractivity contribution in [2.24, 2.45) is 5.92 Å². The van der Waals surface area contributed by atoms with Crippen molar-refractivity contribution in [1.82, 2.24) is 10.0 Å². The maximum Gasteiger partial charge on any atom is 0.267 e. The molecule has 1 saturated carbocycles. The van der Waals surface area contributed by atoms with Crippen molar-refractivity contribution in [3.05, 3.63) is 29.1 Å². The van der Waals surface area contributed by atoms with Gasteiger partial charge >= 0.3 is 0 Å². The summed E-state index contributed by atoms with van der Waals surface area (Å²) in [5, 5.41) is 3.14. The van der Waals surface area contributed by atoms with Gasteiger partial charge in [-0.1, -0.05) is 0 Å². The highest BCUT2D eigenvalue weighted by molar-refractivity contribution is 7.89. The lowest BCUT2D eigenvalue weighted by atomic mass is 10.0. The van der Waals surface area contributed by atoms with Gasteiger partial charge in [0.15, 0.2) is 0 Å². The molecule has 2 fully saturated rings. The third kappa shape index (κ3) is 4.00. The maximum absolute atomic E-state index is 14.2. The topological polar surface area (TPSA) is 84.5 Å². The van der Waals surface area contributed by atoms with E-state index in [2.05, 4.69) is 5.32 Å². The molecule has 2 N–H and O–H groups in total. The van der Waals surface area contributed by atoms with Crippen molar-refractivity contribution in [3.63, 3.8) is 0 Å². The Morgan fingerprint density at radius 1 is 1.39 bits per heavy atom. The van der Waals surface area contributed by atoms with Crippen LogP contribution in [0.25, 0.3) is 0 Å². The van der Waals surface area contributed by atoms with Gasteiger partial charge in [0, 0.05) is 25.1 Å². The summed E-state index contributed by atoms with van der Waals surface area (Å²) >= 11 is 0. The number of halogens is 1. The molecule has 0 unspecified atom stereocenters. The number of rotatable bonds is 6. The molecule has 126 valence electrons. The van der Waals surface area contributed by atoms with Crippen LogP contribution in [0.4, 0.5) is 4.39 Å². The van der Waals surface area contributed by atoms with Crippen LogP contribution in [0.5, 0.6) is 5.75 Å². The Morgan fingerprint density at radius 2 is 2.09 bits per heavy atom. The molecule has 0 radical (unpaired) electrons. The third-order valence-electron chi connectivity index (χ3n) is 3.98. The molecule has 2 aliphatic rings. The summed E-state index contributed by atoms with van der Waals surface area (Å²) in [6, 6.07) is 2.61. The predicted octanol–water partition coefficient (Wildman–Crippen LogP) is 0.991. The molecule has 1 aliphatic heterocycles. The molecule has 1 heterocycles. The minimum absolute atomic E-state index is 0.245. The molecule has 0 bridgehead atoms. The highest BCUT2D eigenvalue weighted by Gasteiger charge is 2.30. The van der Waals surface area contributed by atoms with E-state index < -0.39 is 21.7 Å². The predicted molar refractivity (Wildman–Crippen MR) is 82.5 cm³/mol. The van der Waals surface area contributed by atoms with Crippen LogP contribution in [0.2, 0.25) is 0 Å². The van der Waals surface area contributed by atoms with E-state index >= 15 is 0 Å². The standard InChI is InChI=1S/C15H19FN2O4S/c1-23(20,21)18-15(19)12-4-11(10-2-3-10)14(5-13(12)16)22-8-9-6-17-7-9/h4-5,9-10,17H,2-3,6-8H2,1H3,(H,18,19). The summed E-state index contributed by atoms with van der Waals surface area (Å²) in [5.41, 5.74) is 0.507. The zero-order valence-electron chi connectivity index (χ0n) is 12.8. The van der Waals surface area contributed by atoms with Crippen LogP contribution in [0.3, 0.4) is 0 Å². The van der Waals surface area contributed by atoms with E-state index in [1.807, 2.05) is 0 Å². The summed E-state index contributed by atoms with van der Waals surface area (Å²) in [6.07, 6.45) is 2.77. The summed E-state index contributed by atoms with van der Waals surface area (Å²) in [4.78, 5) is 11.9. The van der Waals surface area contributed by atoms with Crippen LogP contribution in [0, 0.1) is 11.7 Å². The molecule has 6 nitrogen and oxygen atoms in total. The molecule has 0 aromatic heterocycles. The van der Waals surface area contributed by atoms with Crippen LogP contribution in [-0.4, -0.2) is 40.3 Å². The van der Waals surface area contributed by atoms with Crippen LogP contribution < -0.4 is 14.8 Å². The zero-order valence-corrected chi connectivity index (χ0v) is 13.6. The fourth-order valence-corrected chi connectivity index (χ4v) is 2.93. The molecule has 0 atom stereocenters. The highest BCUT2D eigenvalue weighted by Crippen LogP contribution is 2.45. The minimum Gasteiger partial charge on any atom is -0.493 e. The average molecular weight is 342 g/mol. The van der Waals surface area contributed by atoms with E-state index in [4.69, 9.17) is 4.74 Å². The minimum atomic E-state index is -3.74. The first-order chi connectivity index (χ1) is 10.8. The SMILES string of the molecule is CS(=O)(=O)NC(=O)c1cc(C2CC2)c(OCC2CNC2)cc1F. The first-order valence-electron chi connectivity index (χ1n) is 7.52. The number of sulfonamides is 1. The van der Waals surface area contributed by atoms with Crippen molar-refractivity contribution in [2.75, 3.05) is 26.0 Å². The Labute approximate surface area is 134 Å². The molecular formula is C15H19FN2O4S. The van der Waals surface area contributed by atoms with Gasteiger partial charge in [-0.15, -0.1) is 0 Å². The van der Waals surface area contributed by atoms with Gasteiger partial charge in [0.1, 0.15) is 11.6 Å².